The first-order chi connectivity index (χ1) is 6.77. The largest absolute Gasteiger partial charge is 0.476 e. The highest BCUT2D eigenvalue weighted by Gasteiger charge is 2.09. The molecule has 0 aliphatic carbocycles. The summed E-state index contributed by atoms with van der Waals surface area (Å²) in [7, 11) is 0. The van der Waals surface area contributed by atoms with Gasteiger partial charge in [-0.2, -0.15) is 4.37 Å². The second kappa shape index (κ2) is 3.55. The van der Waals surface area contributed by atoms with E-state index in [0.717, 1.165) is 22.1 Å². The van der Waals surface area contributed by atoms with Gasteiger partial charge in [0.05, 0.1) is 10.6 Å². The van der Waals surface area contributed by atoms with Crippen molar-refractivity contribution in [2.45, 2.75) is 0 Å². The third-order valence-corrected chi connectivity index (χ3v) is 2.46. The van der Waals surface area contributed by atoms with E-state index in [2.05, 4.69) is 9.36 Å². The van der Waals surface area contributed by atoms with E-state index in [1.165, 1.54) is 6.07 Å². The lowest BCUT2D eigenvalue weighted by atomic mass is 10.3. The Hall–Kier alpha value is -1.75. The highest BCUT2D eigenvalue weighted by atomic mass is 32.1. The molecule has 0 fully saturated rings. The van der Waals surface area contributed by atoms with E-state index in [1.807, 2.05) is 18.2 Å². The first-order valence-electron chi connectivity index (χ1n) is 3.89. The molecule has 0 spiro atoms. The van der Waals surface area contributed by atoms with Crippen molar-refractivity contribution in [2.75, 3.05) is 0 Å². The minimum absolute atomic E-state index is 0.0654. The number of hydrogen-bond donors (Lipinski definition) is 1. The Bertz CT molecular complexity index is 453. The van der Waals surface area contributed by atoms with Gasteiger partial charge in [0.25, 0.3) is 0 Å². The molecule has 2 heterocycles. The summed E-state index contributed by atoms with van der Waals surface area (Å²) >= 11 is 1.14. The number of carboxylic acid groups (broad SMARTS) is 1. The maximum Gasteiger partial charge on any atom is 0.355 e. The summed E-state index contributed by atoms with van der Waals surface area (Å²) in [4.78, 5) is 15.4. The van der Waals surface area contributed by atoms with Crippen LogP contribution in [0.15, 0.2) is 30.5 Å². The van der Waals surface area contributed by atoms with Crippen LogP contribution < -0.4 is 0 Å². The van der Waals surface area contributed by atoms with Crippen LogP contribution in [0, 0.1) is 0 Å². The zero-order valence-corrected chi connectivity index (χ0v) is 7.86. The molecule has 0 radical (unpaired) electrons. The van der Waals surface area contributed by atoms with Gasteiger partial charge in [0, 0.05) is 6.20 Å². The molecule has 0 saturated carbocycles. The van der Waals surface area contributed by atoms with Gasteiger partial charge in [0.2, 0.25) is 0 Å². The number of pyridine rings is 1. The van der Waals surface area contributed by atoms with E-state index < -0.39 is 5.97 Å². The van der Waals surface area contributed by atoms with Crippen molar-refractivity contribution < 1.29 is 9.90 Å². The Morgan fingerprint density at radius 2 is 2.29 bits per heavy atom. The van der Waals surface area contributed by atoms with Gasteiger partial charge in [-0.05, 0) is 29.7 Å². The molecule has 0 aliphatic heterocycles. The average Bonchev–Trinajstić information content (AvgIpc) is 2.68. The lowest BCUT2D eigenvalue weighted by Gasteiger charge is -1.91. The Balaban J connectivity index is 2.39. The summed E-state index contributed by atoms with van der Waals surface area (Å²) in [5, 5.41) is 8.67. The molecule has 70 valence electrons. The van der Waals surface area contributed by atoms with Crippen LogP contribution in [0.4, 0.5) is 0 Å². The standard InChI is InChI=1S/C9H6N2O2S/c12-9(13)7-5-8(14-11-7)6-3-1-2-4-10-6/h1-5H,(H,12,13). The van der Waals surface area contributed by atoms with Gasteiger partial charge in [-0.1, -0.05) is 6.07 Å². The molecule has 0 aromatic carbocycles. The fourth-order valence-corrected chi connectivity index (χ4v) is 1.71. The van der Waals surface area contributed by atoms with E-state index in [9.17, 15) is 4.79 Å². The Morgan fingerprint density at radius 3 is 2.86 bits per heavy atom. The second-order valence-corrected chi connectivity index (χ2v) is 3.40. The van der Waals surface area contributed by atoms with Crippen LogP contribution in [0.1, 0.15) is 10.5 Å². The number of nitrogens with zero attached hydrogens (tertiary/aromatic N) is 2. The molecule has 0 aliphatic rings. The van der Waals surface area contributed by atoms with Crippen molar-refractivity contribution in [1.82, 2.24) is 9.36 Å². The van der Waals surface area contributed by atoms with Gasteiger partial charge < -0.3 is 5.11 Å². The fourth-order valence-electron chi connectivity index (χ4n) is 1.01. The van der Waals surface area contributed by atoms with Gasteiger partial charge in [-0.15, -0.1) is 0 Å². The summed E-state index contributed by atoms with van der Waals surface area (Å²) in [5.41, 5.74) is 0.813. The van der Waals surface area contributed by atoms with E-state index in [1.54, 1.807) is 6.20 Å². The van der Waals surface area contributed by atoms with Crippen LogP contribution in [0.3, 0.4) is 0 Å². The maximum atomic E-state index is 10.6. The van der Waals surface area contributed by atoms with Gasteiger partial charge in [-0.3, -0.25) is 4.98 Å². The van der Waals surface area contributed by atoms with Gasteiger partial charge in [-0.25, -0.2) is 4.79 Å². The molecule has 5 heteroatoms. The molecular weight excluding hydrogens is 200 g/mol. The molecule has 0 unspecified atom stereocenters. The summed E-state index contributed by atoms with van der Waals surface area (Å²) in [6.45, 7) is 0. The van der Waals surface area contributed by atoms with E-state index in [4.69, 9.17) is 5.11 Å². The maximum absolute atomic E-state index is 10.6. The summed E-state index contributed by atoms with van der Waals surface area (Å²) < 4.78 is 3.79. The average molecular weight is 206 g/mol. The molecule has 0 bridgehead atoms. The molecule has 1 N–H and O–H groups in total. The van der Waals surface area contributed by atoms with Crippen molar-refractivity contribution in [3.8, 4) is 10.6 Å². The van der Waals surface area contributed by atoms with Crippen LogP contribution in [-0.4, -0.2) is 20.4 Å². The van der Waals surface area contributed by atoms with Crippen LogP contribution in [0.2, 0.25) is 0 Å². The molecule has 2 rings (SSSR count). The minimum Gasteiger partial charge on any atom is -0.476 e. The summed E-state index contributed by atoms with van der Waals surface area (Å²) in [5.74, 6) is -1.01. The molecule has 4 nitrogen and oxygen atoms in total. The zero-order chi connectivity index (χ0) is 9.97. The minimum atomic E-state index is -1.01. The molecule has 0 amide bonds. The van der Waals surface area contributed by atoms with Gasteiger partial charge >= 0.3 is 5.97 Å². The van der Waals surface area contributed by atoms with E-state index in [-0.39, 0.29) is 5.69 Å². The highest BCUT2D eigenvalue weighted by Crippen LogP contribution is 2.22. The summed E-state index contributed by atoms with van der Waals surface area (Å²) in [6, 6.07) is 7.00. The quantitative estimate of drug-likeness (QED) is 0.815. The topological polar surface area (TPSA) is 63.1 Å². The number of aromatic nitrogens is 2. The third-order valence-electron chi connectivity index (χ3n) is 1.65. The predicted molar refractivity (Wildman–Crippen MR) is 52.3 cm³/mol. The second-order valence-electron chi connectivity index (χ2n) is 2.60. The van der Waals surface area contributed by atoms with Crippen molar-refractivity contribution in [3.05, 3.63) is 36.2 Å². The van der Waals surface area contributed by atoms with Crippen LogP contribution in [0.5, 0.6) is 0 Å². The van der Waals surface area contributed by atoms with Crippen molar-refractivity contribution in [1.29, 1.82) is 0 Å². The van der Waals surface area contributed by atoms with Crippen LogP contribution >= 0.6 is 11.5 Å². The first kappa shape index (κ1) is 8.83. The summed E-state index contributed by atoms with van der Waals surface area (Å²) in [6.07, 6.45) is 1.66. The Kier molecular flexibility index (Phi) is 2.24. The highest BCUT2D eigenvalue weighted by molar-refractivity contribution is 7.09. The van der Waals surface area contributed by atoms with E-state index >= 15 is 0 Å². The number of aromatic carboxylic acids is 1. The van der Waals surface area contributed by atoms with Crippen LogP contribution in [0.25, 0.3) is 10.6 Å². The zero-order valence-electron chi connectivity index (χ0n) is 7.04. The first-order valence-corrected chi connectivity index (χ1v) is 4.66. The SMILES string of the molecule is O=C(O)c1cc(-c2ccccn2)sn1. The number of carboxylic acids is 1. The lowest BCUT2D eigenvalue weighted by molar-refractivity contribution is 0.0692. The smallest absolute Gasteiger partial charge is 0.355 e. The third kappa shape index (κ3) is 1.62. The molecule has 0 saturated heterocycles. The van der Waals surface area contributed by atoms with Crippen molar-refractivity contribution >= 4 is 17.5 Å². The number of carbonyl (C=O) groups is 1. The normalized spacial score (nSPS) is 10.0. The van der Waals surface area contributed by atoms with Gasteiger partial charge in [0.15, 0.2) is 5.69 Å². The number of rotatable bonds is 2. The lowest BCUT2D eigenvalue weighted by Crippen LogP contribution is -1.94. The Morgan fingerprint density at radius 1 is 1.43 bits per heavy atom. The van der Waals surface area contributed by atoms with Crippen molar-refractivity contribution in [2.24, 2.45) is 0 Å². The van der Waals surface area contributed by atoms with Gasteiger partial charge in [0.1, 0.15) is 0 Å². The molecule has 14 heavy (non-hydrogen) atoms. The van der Waals surface area contributed by atoms with Crippen LogP contribution in [-0.2, 0) is 0 Å². The molecule has 2 aromatic rings. The predicted octanol–water partition coefficient (Wildman–Crippen LogP) is 1.90. The monoisotopic (exact) mass is 206 g/mol. The number of hydrogen-bond acceptors (Lipinski definition) is 4. The Labute approximate surface area is 84.0 Å². The molecular formula is C9H6N2O2S. The molecule has 2 aromatic heterocycles. The van der Waals surface area contributed by atoms with E-state index in [0.29, 0.717) is 0 Å². The van der Waals surface area contributed by atoms with Crippen molar-refractivity contribution in [3.63, 3.8) is 0 Å². The molecule has 0 atom stereocenters. The fraction of sp³-hybridized carbons (Fsp3) is 0.